The Morgan fingerprint density at radius 3 is 3.13 bits per heavy atom. The fourth-order valence-corrected chi connectivity index (χ4v) is 3.46. The molecular weight excluding hydrogens is 312 g/mol. The molecule has 1 unspecified atom stereocenters. The van der Waals surface area contributed by atoms with Gasteiger partial charge in [0.2, 0.25) is 17.6 Å². The summed E-state index contributed by atoms with van der Waals surface area (Å²) in [7, 11) is 0. The molecule has 1 saturated heterocycles. The Bertz CT molecular complexity index is 655. The van der Waals surface area contributed by atoms with E-state index in [1.807, 2.05) is 22.4 Å². The molecule has 0 bridgehead atoms. The summed E-state index contributed by atoms with van der Waals surface area (Å²) in [5, 5.41) is 5.96. The van der Waals surface area contributed by atoms with Crippen LogP contribution < -0.4 is 5.73 Å². The zero-order valence-corrected chi connectivity index (χ0v) is 14.1. The number of carbonyl (C=O) groups excluding carboxylic acids is 1. The third-order valence-electron chi connectivity index (χ3n) is 4.39. The van der Waals surface area contributed by atoms with Crippen LogP contribution in [0.4, 0.5) is 0 Å². The SMILES string of the molecule is CC1(CN)CCN(C(=O)CCCc2nc(-c3cccs3)no2)C1. The number of rotatable bonds is 6. The minimum atomic E-state index is 0.0811. The van der Waals surface area contributed by atoms with E-state index >= 15 is 0 Å². The van der Waals surface area contributed by atoms with E-state index in [0.29, 0.717) is 31.1 Å². The van der Waals surface area contributed by atoms with Gasteiger partial charge >= 0.3 is 0 Å². The van der Waals surface area contributed by atoms with Gasteiger partial charge in [-0.15, -0.1) is 11.3 Å². The topological polar surface area (TPSA) is 85.2 Å². The number of aromatic nitrogens is 2. The first-order valence-electron chi connectivity index (χ1n) is 7.94. The number of nitrogens with zero attached hydrogens (tertiary/aromatic N) is 3. The van der Waals surface area contributed by atoms with Gasteiger partial charge in [-0.25, -0.2) is 0 Å². The lowest BCUT2D eigenvalue weighted by Crippen LogP contribution is -2.34. The largest absolute Gasteiger partial charge is 0.342 e. The minimum absolute atomic E-state index is 0.0811. The quantitative estimate of drug-likeness (QED) is 0.876. The summed E-state index contributed by atoms with van der Waals surface area (Å²) in [5.74, 6) is 1.41. The Kier molecular flexibility index (Phi) is 4.77. The molecule has 2 N–H and O–H groups in total. The summed E-state index contributed by atoms with van der Waals surface area (Å²) in [6, 6.07) is 3.92. The number of hydrogen-bond acceptors (Lipinski definition) is 6. The summed E-state index contributed by atoms with van der Waals surface area (Å²) in [4.78, 5) is 19.5. The third kappa shape index (κ3) is 3.79. The summed E-state index contributed by atoms with van der Waals surface area (Å²) in [6.07, 6.45) is 2.85. The Hall–Kier alpha value is -1.73. The molecule has 3 rings (SSSR count). The van der Waals surface area contributed by atoms with Gasteiger partial charge in [-0.05, 0) is 36.2 Å². The van der Waals surface area contributed by atoms with Crippen LogP contribution in [0.5, 0.6) is 0 Å². The summed E-state index contributed by atoms with van der Waals surface area (Å²) in [6.45, 7) is 4.36. The molecule has 1 amide bonds. The number of carbonyl (C=O) groups is 1. The van der Waals surface area contributed by atoms with Gasteiger partial charge in [-0.1, -0.05) is 18.1 Å². The molecule has 6 nitrogen and oxygen atoms in total. The number of hydrogen-bond donors (Lipinski definition) is 1. The minimum Gasteiger partial charge on any atom is -0.342 e. The molecule has 1 aliphatic rings. The van der Waals surface area contributed by atoms with Gasteiger partial charge < -0.3 is 15.2 Å². The van der Waals surface area contributed by atoms with Crippen molar-refractivity contribution >= 4 is 17.2 Å². The Morgan fingerprint density at radius 1 is 1.57 bits per heavy atom. The Labute approximate surface area is 139 Å². The fraction of sp³-hybridized carbons (Fsp3) is 0.562. The normalized spacial score (nSPS) is 21.0. The number of thiophene rings is 1. The smallest absolute Gasteiger partial charge is 0.226 e. The van der Waals surface area contributed by atoms with Gasteiger partial charge in [0.05, 0.1) is 4.88 Å². The summed E-state index contributed by atoms with van der Waals surface area (Å²) < 4.78 is 5.25. The van der Waals surface area contributed by atoms with Crippen LogP contribution in [-0.4, -0.2) is 40.6 Å². The van der Waals surface area contributed by atoms with Gasteiger partial charge in [0.1, 0.15) is 0 Å². The van der Waals surface area contributed by atoms with Gasteiger partial charge in [-0.2, -0.15) is 4.98 Å². The van der Waals surface area contributed by atoms with Crippen molar-refractivity contribution in [1.29, 1.82) is 0 Å². The van der Waals surface area contributed by atoms with Crippen molar-refractivity contribution in [2.45, 2.75) is 32.6 Å². The highest BCUT2D eigenvalue weighted by molar-refractivity contribution is 7.13. The zero-order valence-electron chi connectivity index (χ0n) is 13.3. The van der Waals surface area contributed by atoms with E-state index in [-0.39, 0.29) is 11.3 Å². The lowest BCUT2D eigenvalue weighted by molar-refractivity contribution is -0.130. The highest BCUT2D eigenvalue weighted by Crippen LogP contribution is 2.29. The number of amides is 1. The van der Waals surface area contributed by atoms with Crippen LogP contribution in [0.2, 0.25) is 0 Å². The van der Waals surface area contributed by atoms with E-state index in [4.69, 9.17) is 10.3 Å². The van der Waals surface area contributed by atoms with Crippen molar-refractivity contribution in [1.82, 2.24) is 15.0 Å². The van der Waals surface area contributed by atoms with Gasteiger partial charge in [0.25, 0.3) is 0 Å². The van der Waals surface area contributed by atoms with E-state index in [1.165, 1.54) is 0 Å². The van der Waals surface area contributed by atoms with Crippen molar-refractivity contribution in [3.05, 3.63) is 23.4 Å². The molecule has 23 heavy (non-hydrogen) atoms. The molecule has 0 spiro atoms. The standard InChI is InChI=1S/C16H22N4O2S/c1-16(10-17)7-8-20(11-16)14(21)6-2-5-13-18-15(19-22-13)12-4-3-9-23-12/h3-4,9H,2,5-8,10-11,17H2,1H3. The first-order chi connectivity index (χ1) is 11.1. The average molecular weight is 334 g/mol. The fourth-order valence-electron chi connectivity index (χ4n) is 2.81. The molecule has 3 heterocycles. The second kappa shape index (κ2) is 6.80. The molecule has 0 radical (unpaired) electrons. The molecule has 0 aliphatic carbocycles. The predicted octanol–water partition coefficient (Wildman–Crippen LogP) is 2.32. The Balaban J connectivity index is 1.46. The van der Waals surface area contributed by atoms with Crippen LogP contribution >= 0.6 is 11.3 Å². The maximum Gasteiger partial charge on any atom is 0.226 e. The van der Waals surface area contributed by atoms with E-state index in [0.717, 1.165) is 30.8 Å². The molecule has 124 valence electrons. The van der Waals surface area contributed by atoms with Crippen LogP contribution in [0.15, 0.2) is 22.0 Å². The lowest BCUT2D eigenvalue weighted by Gasteiger charge is -2.22. The van der Waals surface area contributed by atoms with Crippen molar-refractivity contribution in [3.63, 3.8) is 0 Å². The monoisotopic (exact) mass is 334 g/mol. The summed E-state index contributed by atoms with van der Waals surface area (Å²) in [5.41, 5.74) is 5.87. The van der Waals surface area contributed by atoms with Crippen molar-refractivity contribution < 1.29 is 9.32 Å². The van der Waals surface area contributed by atoms with Crippen molar-refractivity contribution in [3.8, 4) is 10.7 Å². The van der Waals surface area contributed by atoms with Crippen molar-refractivity contribution in [2.75, 3.05) is 19.6 Å². The van der Waals surface area contributed by atoms with Gasteiger partial charge in [0, 0.05) is 25.9 Å². The van der Waals surface area contributed by atoms with Crippen LogP contribution in [-0.2, 0) is 11.2 Å². The molecule has 2 aromatic heterocycles. The second-order valence-electron chi connectivity index (χ2n) is 6.42. The van der Waals surface area contributed by atoms with Crippen LogP contribution in [0.3, 0.4) is 0 Å². The number of aryl methyl sites for hydroxylation is 1. The van der Waals surface area contributed by atoms with Gasteiger partial charge in [0.15, 0.2) is 0 Å². The first-order valence-corrected chi connectivity index (χ1v) is 8.82. The average Bonchev–Trinajstić information content (AvgIpc) is 3.27. The maximum absolute atomic E-state index is 12.3. The molecule has 1 atom stereocenters. The molecule has 2 aromatic rings. The molecule has 0 aromatic carbocycles. The molecule has 1 aliphatic heterocycles. The van der Waals surface area contributed by atoms with Gasteiger partial charge in [-0.3, -0.25) is 4.79 Å². The first kappa shape index (κ1) is 16.1. The molecular formula is C16H22N4O2S. The zero-order chi connectivity index (χ0) is 16.3. The Morgan fingerprint density at radius 2 is 2.43 bits per heavy atom. The van der Waals surface area contributed by atoms with Crippen LogP contribution in [0, 0.1) is 5.41 Å². The maximum atomic E-state index is 12.3. The van der Waals surface area contributed by atoms with E-state index < -0.39 is 0 Å². The highest BCUT2D eigenvalue weighted by atomic mass is 32.1. The van der Waals surface area contributed by atoms with E-state index in [9.17, 15) is 4.79 Å². The van der Waals surface area contributed by atoms with Crippen LogP contribution in [0.25, 0.3) is 10.7 Å². The molecule has 7 heteroatoms. The molecule has 0 saturated carbocycles. The second-order valence-corrected chi connectivity index (χ2v) is 7.37. The van der Waals surface area contributed by atoms with Crippen LogP contribution in [0.1, 0.15) is 32.1 Å². The lowest BCUT2D eigenvalue weighted by atomic mass is 9.90. The van der Waals surface area contributed by atoms with E-state index in [2.05, 4.69) is 17.1 Å². The number of likely N-dealkylation sites (tertiary alicyclic amines) is 1. The molecule has 1 fully saturated rings. The highest BCUT2D eigenvalue weighted by Gasteiger charge is 2.34. The van der Waals surface area contributed by atoms with E-state index in [1.54, 1.807) is 11.3 Å². The van der Waals surface area contributed by atoms with Crippen molar-refractivity contribution in [2.24, 2.45) is 11.1 Å². The predicted molar refractivity (Wildman–Crippen MR) is 88.9 cm³/mol. The third-order valence-corrected chi connectivity index (χ3v) is 5.26. The summed E-state index contributed by atoms with van der Waals surface area (Å²) >= 11 is 1.58. The number of nitrogens with two attached hydrogens (primary N) is 1.